The van der Waals surface area contributed by atoms with Crippen molar-refractivity contribution in [2.45, 2.75) is 51.9 Å². The summed E-state index contributed by atoms with van der Waals surface area (Å²) >= 11 is 0. The van der Waals surface area contributed by atoms with Crippen molar-refractivity contribution in [3.05, 3.63) is 17.8 Å². The molecule has 1 saturated carbocycles. The standard InChI is InChI=1S/C13H20N2O2/c1-13(2,3)17-12-11(16-10-4-5-10)9(8-14)6-7-15-12/h6-7,10H,4-5,8,14H2,1-3H3. The molecular formula is C13H20N2O2. The average molecular weight is 236 g/mol. The molecule has 0 aliphatic heterocycles. The molecule has 94 valence electrons. The highest BCUT2D eigenvalue weighted by Crippen LogP contribution is 2.36. The van der Waals surface area contributed by atoms with E-state index >= 15 is 0 Å². The van der Waals surface area contributed by atoms with Gasteiger partial charge in [0.2, 0.25) is 0 Å². The van der Waals surface area contributed by atoms with Crippen molar-refractivity contribution in [2.75, 3.05) is 0 Å². The van der Waals surface area contributed by atoms with Crippen LogP contribution in [-0.2, 0) is 6.54 Å². The van der Waals surface area contributed by atoms with E-state index in [0.29, 0.717) is 24.3 Å². The van der Waals surface area contributed by atoms with Gasteiger partial charge in [0.1, 0.15) is 5.60 Å². The maximum atomic E-state index is 5.86. The SMILES string of the molecule is CC(C)(C)Oc1nccc(CN)c1OC1CC1. The molecule has 0 amide bonds. The van der Waals surface area contributed by atoms with E-state index in [-0.39, 0.29) is 5.60 Å². The van der Waals surface area contributed by atoms with Gasteiger partial charge in [-0.1, -0.05) is 0 Å². The van der Waals surface area contributed by atoms with Gasteiger partial charge in [-0.15, -0.1) is 0 Å². The van der Waals surface area contributed by atoms with Crippen LogP contribution >= 0.6 is 0 Å². The summed E-state index contributed by atoms with van der Waals surface area (Å²) in [4.78, 5) is 4.25. The zero-order valence-corrected chi connectivity index (χ0v) is 10.7. The lowest BCUT2D eigenvalue weighted by Crippen LogP contribution is -2.24. The summed E-state index contributed by atoms with van der Waals surface area (Å²) in [5.74, 6) is 1.26. The quantitative estimate of drug-likeness (QED) is 0.871. The molecule has 1 fully saturated rings. The van der Waals surface area contributed by atoms with Crippen molar-refractivity contribution >= 4 is 0 Å². The van der Waals surface area contributed by atoms with Crippen molar-refractivity contribution in [3.63, 3.8) is 0 Å². The molecular weight excluding hydrogens is 216 g/mol. The summed E-state index contributed by atoms with van der Waals surface area (Å²) in [6.45, 7) is 6.41. The van der Waals surface area contributed by atoms with Crippen LogP contribution in [0.25, 0.3) is 0 Å². The zero-order valence-electron chi connectivity index (χ0n) is 10.7. The summed E-state index contributed by atoms with van der Waals surface area (Å²) in [6.07, 6.45) is 4.23. The number of hydrogen-bond acceptors (Lipinski definition) is 4. The molecule has 0 saturated heterocycles. The van der Waals surface area contributed by atoms with Gasteiger partial charge in [-0.3, -0.25) is 0 Å². The Morgan fingerprint density at radius 1 is 1.41 bits per heavy atom. The molecule has 0 aromatic carbocycles. The fraction of sp³-hybridized carbons (Fsp3) is 0.615. The van der Waals surface area contributed by atoms with Crippen molar-refractivity contribution in [1.29, 1.82) is 0 Å². The molecule has 0 radical (unpaired) electrons. The maximum Gasteiger partial charge on any atom is 0.257 e. The Balaban J connectivity index is 2.28. The molecule has 2 rings (SSSR count). The number of rotatable bonds is 4. The Labute approximate surface area is 102 Å². The summed E-state index contributed by atoms with van der Waals surface area (Å²) in [5.41, 5.74) is 6.38. The Hall–Kier alpha value is -1.29. The largest absolute Gasteiger partial charge is 0.484 e. The second-order valence-corrected chi connectivity index (χ2v) is 5.34. The lowest BCUT2D eigenvalue weighted by atomic mass is 10.2. The first-order chi connectivity index (χ1) is 7.99. The van der Waals surface area contributed by atoms with E-state index in [4.69, 9.17) is 15.2 Å². The van der Waals surface area contributed by atoms with Gasteiger partial charge in [0.25, 0.3) is 5.88 Å². The molecule has 1 aromatic heterocycles. The predicted molar refractivity (Wildman–Crippen MR) is 66.2 cm³/mol. The zero-order chi connectivity index (χ0) is 12.5. The van der Waals surface area contributed by atoms with Crippen LogP contribution in [0.2, 0.25) is 0 Å². The van der Waals surface area contributed by atoms with Crippen LogP contribution < -0.4 is 15.2 Å². The van der Waals surface area contributed by atoms with Gasteiger partial charge >= 0.3 is 0 Å². The molecule has 2 N–H and O–H groups in total. The third kappa shape index (κ3) is 3.33. The van der Waals surface area contributed by atoms with Gasteiger partial charge in [0.05, 0.1) is 6.10 Å². The topological polar surface area (TPSA) is 57.4 Å². The van der Waals surface area contributed by atoms with Crippen molar-refractivity contribution in [1.82, 2.24) is 4.98 Å². The molecule has 0 unspecified atom stereocenters. The fourth-order valence-corrected chi connectivity index (χ4v) is 1.47. The first-order valence-electron chi connectivity index (χ1n) is 6.03. The van der Waals surface area contributed by atoms with Crippen molar-refractivity contribution in [3.8, 4) is 11.6 Å². The number of nitrogens with zero attached hydrogens (tertiary/aromatic N) is 1. The monoisotopic (exact) mass is 236 g/mol. The van der Waals surface area contributed by atoms with E-state index in [1.807, 2.05) is 26.8 Å². The van der Waals surface area contributed by atoms with Gasteiger partial charge in [0, 0.05) is 18.3 Å². The summed E-state index contributed by atoms with van der Waals surface area (Å²) < 4.78 is 11.7. The minimum absolute atomic E-state index is 0.290. The molecule has 0 spiro atoms. The molecule has 1 aromatic rings. The summed E-state index contributed by atoms with van der Waals surface area (Å²) in [7, 11) is 0. The fourth-order valence-electron chi connectivity index (χ4n) is 1.47. The Morgan fingerprint density at radius 2 is 2.12 bits per heavy atom. The van der Waals surface area contributed by atoms with E-state index in [9.17, 15) is 0 Å². The smallest absolute Gasteiger partial charge is 0.257 e. The molecule has 17 heavy (non-hydrogen) atoms. The van der Waals surface area contributed by atoms with Crippen LogP contribution in [0.1, 0.15) is 39.2 Å². The number of hydrogen-bond donors (Lipinski definition) is 1. The average Bonchev–Trinajstić information content (AvgIpc) is 3.02. The van der Waals surface area contributed by atoms with Crippen LogP contribution in [0.5, 0.6) is 11.6 Å². The second-order valence-electron chi connectivity index (χ2n) is 5.34. The lowest BCUT2D eigenvalue weighted by molar-refractivity contribution is 0.115. The van der Waals surface area contributed by atoms with Crippen LogP contribution in [0.3, 0.4) is 0 Å². The highest BCUT2D eigenvalue weighted by Gasteiger charge is 2.27. The van der Waals surface area contributed by atoms with Crippen LogP contribution in [0.15, 0.2) is 12.3 Å². The Bertz CT molecular complexity index is 395. The Morgan fingerprint density at radius 3 is 2.65 bits per heavy atom. The van der Waals surface area contributed by atoms with Crippen LogP contribution in [-0.4, -0.2) is 16.7 Å². The molecule has 4 heteroatoms. The normalized spacial score (nSPS) is 15.8. The van der Waals surface area contributed by atoms with Crippen molar-refractivity contribution in [2.24, 2.45) is 5.73 Å². The lowest BCUT2D eigenvalue weighted by Gasteiger charge is -2.23. The van der Waals surface area contributed by atoms with E-state index in [1.54, 1.807) is 6.20 Å². The van der Waals surface area contributed by atoms with E-state index < -0.39 is 0 Å². The summed E-state index contributed by atoms with van der Waals surface area (Å²) in [5, 5.41) is 0. The Kier molecular flexibility index (Phi) is 3.24. The van der Waals surface area contributed by atoms with Gasteiger partial charge in [-0.05, 0) is 39.7 Å². The highest BCUT2D eigenvalue weighted by molar-refractivity contribution is 5.42. The first-order valence-corrected chi connectivity index (χ1v) is 6.03. The predicted octanol–water partition coefficient (Wildman–Crippen LogP) is 2.26. The number of nitrogens with two attached hydrogens (primary N) is 1. The second kappa shape index (κ2) is 4.53. The third-order valence-electron chi connectivity index (χ3n) is 2.39. The van der Waals surface area contributed by atoms with Gasteiger partial charge < -0.3 is 15.2 Å². The van der Waals surface area contributed by atoms with E-state index in [0.717, 1.165) is 18.4 Å². The van der Waals surface area contributed by atoms with Gasteiger partial charge in [-0.25, -0.2) is 4.98 Å². The van der Waals surface area contributed by atoms with Gasteiger partial charge in [-0.2, -0.15) is 0 Å². The van der Waals surface area contributed by atoms with Crippen LogP contribution in [0, 0.1) is 0 Å². The van der Waals surface area contributed by atoms with Gasteiger partial charge in [0.15, 0.2) is 5.75 Å². The highest BCUT2D eigenvalue weighted by atomic mass is 16.5. The number of ether oxygens (including phenoxy) is 2. The molecule has 1 heterocycles. The third-order valence-corrected chi connectivity index (χ3v) is 2.39. The minimum atomic E-state index is -0.290. The molecule has 1 aliphatic rings. The number of aromatic nitrogens is 1. The molecule has 0 bridgehead atoms. The molecule has 4 nitrogen and oxygen atoms in total. The molecule has 0 atom stereocenters. The number of pyridine rings is 1. The van der Waals surface area contributed by atoms with Crippen molar-refractivity contribution < 1.29 is 9.47 Å². The van der Waals surface area contributed by atoms with E-state index in [2.05, 4.69) is 4.98 Å². The minimum Gasteiger partial charge on any atom is -0.484 e. The van der Waals surface area contributed by atoms with Crippen LogP contribution in [0.4, 0.5) is 0 Å². The van der Waals surface area contributed by atoms with E-state index in [1.165, 1.54) is 0 Å². The molecule has 1 aliphatic carbocycles. The first kappa shape index (κ1) is 12.2. The summed E-state index contributed by atoms with van der Waals surface area (Å²) in [6, 6.07) is 1.88. The maximum absolute atomic E-state index is 5.86.